The number of nitrogens with two attached hydrogens (primary N) is 1. The molecule has 2 N–H and O–H groups in total. The Hall–Kier alpha value is -1.46. The van der Waals surface area contributed by atoms with Gasteiger partial charge in [0.05, 0.1) is 22.7 Å². The number of hydrogen-bond donors (Lipinski definition) is 1. The van der Waals surface area contributed by atoms with Gasteiger partial charge in [0, 0.05) is 0 Å². The molecule has 0 aliphatic rings. The molecule has 0 aliphatic heterocycles. The predicted molar refractivity (Wildman–Crippen MR) is 67.1 cm³/mol. The molecule has 0 aromatic heterocycles. The normalized spacial score (nSPS) is 11.8. The molecule has 0 unspecified atom stereocenters. The molecule has 7 heteroatoms. The number of halogens is 2. The molecule has 1 aromatic carbocycles. The number of carbonyl (C=O) groups excluding carboxylic acids is 2. The Morgan fingerprint density at radius 3 is 2.17 bits per heavy atom. The van der Waals surface area contributed by atoms with E-state index in [2.05, 4.69) is 0 Å². The predicted octanol–water partition coefficient (Wildman–Crippen LogP) is 2.03. The molecule has 0 spiro atoms. The fourth-order valence-corrected chi connectivity index (χ4v) is 1.80. The Bertz CT molecular complexity index is 467. The molecular weight excluding hydrogens is 281 g/mol. The standard InChI is InChI=1S/C11H11Cl2NO4/c1-5(10(14)15)18-11(16)6-3-7(12)9(17-2)8(13)4-6/h3-5H,1-2H3,(H2,14,15)/t5-/m1/s1. The van der Waals surface area contributed by atoms with Crippen molar-refractivity contribution in [3.8, 4) is 5.75 Å². The van der Waals surface area contributed by atoms with Gasteiger partial charge in [-0.05, 0) is 19.1 Å². The van der Waals surface area contributed by atoms with Crippen LogP contribution in [0.1, 0.15) is 17.3 Å². The van der Waals surface area contributed by atoms with Crippen LogP contribution < -0.4 is 10.5 Å². The number of esters is 1. The van der Waals surface area contributed by atoms with Gasteiger partial charge >= 0.3 is 5.97 Å². The van der Waals surface area contributed by atoms with Crippen molar-refractivity contribution in [2.75, 3.05) is 7.11 Å². The second-order valence-corrected chi connectivity index (χ2v) is 4.24. The molecule has 0 bridgehead atoms. The van der Waals surface area contributed by atoms with E-state index in [0.29, 0.717) is 0 Å². The van der Waals surface area contributed by atoms with Crippen LogP contribution in [0.3, 0.4) is 0 Å². The van der Waals surface area contributed by atoms with Crippen molar-refractivity contribution >= 4 is 35.1 Å². The summed E-state index contributed by atoms with van der Waals surface area (Å²) in [4.78, 5) is 22.4. The van der Waals surface area contributed by atoms with Gasteiger partial charge in [-0.15, -0.1) is 0 Å². The van der Waals surface area contributed by atoms with Gasteiger partial charge in [-0.2, -0.15) is 0 Å². The van der Waals surface area contributed by atoms with Crippen LogP contribution in [-0.2, 0) is 9.53 Å². The lowest BCUT2D eigenvalue weighted by Gasteiger charge is -2.11. The summed E-state index contributed by atoms with van der Waals surface area (Å²) in [5.41, 5.74) is 5.09. The van der Waals surface area contributed by atoms with Crippen molar-refractivity contribution in [2.45, 2.75) is 13.0 Å². The van der Waals surface area contributed by atoms with Gasteiger partial charge in [-0.25, -0.2) is 4.79 Å². The smallest absolute Gasteiger partial charge is 0.339 e. The van der Waals surface area contributed by atoms with Crippen molar-refractivity contribution in [3.63, 3.8) is 0 Å². The van der Waals surface area contributed by atoms with Gasteiger partial charge in [-0.1, -0.05) is 23.2 Å². The molecule has 0 radical (unpaired) electrons. The Kier molecular flexibility index (Phi) is 4.81. The van der Waals surface area contributed by atoms with E-state index in [1.54, 1.807) is 0 Å². The number of rotatable bonds is 4. The summed E-state index contributed by atoms with van der Waals surface area (Å²) < 4.78 is 9.75. The lowest BCUT2D eigenvalue weighted by molar-refractivity contribution is -0.125. The van der Waals surface area contributed by atoms with E-state index in [1.807, 2.05) is 0 Å². The first-order valence-corrected chi connectivity index (χ1v) is 5.65. The molecule has 18 heavy (non-hydrogen) atoms. The van der Waals surface area contributed by atoms with Crippen LogP contribution in [-0.4, -0.2) is 25.1 Å². The highest BCUT2D eigenvalue weighted by Crippen LogP contribution is 2.34. The lowest BCUT2D eigenvalue weighted by atomic mass is 10.2. The molecule has 1 amide bonds. The summed E-state index contributed by atoms with van der Waals surface area (Å²) in [6, 6.07) is 2.67. The van der Waals surface area contributed by atoms with Crippen LogP contribution in [0.4, 0.5) is 0 Å². The van der Waals surface area contributed by atoms with E-state index in [4.69, 9.17) is 38.4 Å². The van der Waals surface area contributed by atoms with Crippen molar-refractivity contribution in [3.05, 3.63) is 27.7 Å². The van der Waals surface area contributed by atoms with E-state index in [9.17, 15) is 9.59 Å². The van der Waals surface area contributed by atoms with Crippen molar-refractivity contribution in [2.24, 2.45) is 5.73 Å². The molecule has 5 nitrogen and oxygen atoms in total. The zero-order valence-electron chi connectivity index (χ0n) is 9.70. The van der Waals surface area contributed by atoms with Crippen LogP contribution in [0, 0.1) is 0 Å². The molecule has 0 saturated heterocycles. The van der Waals surface area contributed by atoms with Gasteiger partial charge < -0.3 is 15.2 Å². The van der Waals surface area contributed by atoms with Gasteiger partial charge in [0.2, 0.25) is 0 Å². The SMILES string of the molecule is COc1c(Cl)cc(C(=O)O[C@H](C)C(N)=O)cc1Cl. The summed E-state index contributed by atoms with van der Waals surface area (Å²) in [5.74, 6) is -1.22. The maximum atomic E-state index is 11.7. The van der Waals surface area contributed by atoms with E-state index in [0.717, 1.165) is 0 Å². The highest BCUT2D eigenvalue weighted by atomic mass is 35.5. The zero-order chi connectivity index (χ0) is 13.9. The molecule has 0 fully saturated rings. The van der Waals surface area contributed by atoms with Crippen LogP contribution in [0.15, 0.2) is 12.1 Å². The first-order chi connectivity index (χ1) is 8.36. The average Bonchev–Trinajstić information content (AvgIpc) is 2.28. The minimum Gasteiger partial charge on any atom is -0.494 e. The lowest BCUT2D eigenvalue weighted by Crippen LogP contribution is -2.30. The number of amides is 1. The van der Waals surface area contributed by atoms with Crippen molar-refractivity contribution < 1.29 is 19.1 Å². The number of primary amides is 1. The van der Waals surface area contributed by atoms with E-state index in [-0.39, 0.29) is 21.4 Å². The van der Waals surface area contributed by atoms with Gasteiger partial charge in [0.25, 0.3) is 5.91 Å². The monoisotopic (exact) mass is 291 g/mol. The van der Waals surface area contributed by atoms with Gasteiger partial charge in [0.15, 0.2) is 11.9 Å². The summed E-state index contributed by atoms with van der Waals surface area (Å²) in [7, 11) is 1.40. The van der Waals surface area contributed by atoms with Crippen LogP contribution >= 0.6 is 23.2 Å². The topological polar surface area (TPSA) is 78.6 Å². The molecule has 98 valence electrons. The third kappa shape index (κ3) is 3.27. The Morgan fingerprint density at radius 2 is 1.78 bits per heavy atom. The number of benzene rings is 1. The quantitative estimate of drug-likeness (QED) is 0.861. The fourth-order valence-electron chi connectivity index (χ4n) is 1.16. The molecule has 0 saturated carbocycles. The number of carbonyl (C=O) groups is 2. The van der Waals surface area contributed by atoms with Crippen LogP contribution in [0.2, 0.25) is 10.0 Å². The Balaban J connectivity index is 2.97. The summed E-state index contributed by atoms with van der Waals surface area (Å²) in [6.45, 7) is 1.37. The van der Waals surface area contributed by atoms with E-state index >= 15 is 0 Å². The van der Waals surface area contributed by atoms with E-state index < -0.39 is 18.0 Å². The second kappa shape index (κ2) is 5.93. The average molecular weight is 292 g/mol. The van der Waals surface area contributed by atoms with Gasteiger partial charge in [-0.3, -0.25) is 4.79 Å². The van der Waals surface area contributed by atoms with Crippen LogP contribution in [0.5, 0.6) is 5.75 Å². The Morgan fingerprint density at radius 1 is 1.28 bits per heavy atom. The minimum absolute atomic E-state index is 0.110. The second-order valence-electron chi connectivity index (χ2n) is 3.42. The van der Waals surface area contributed by atoms with Crippen molar-refractivity contribution in [1.29, 1.82) is 0 Å². The zero-order valence-corrected chi connectivity index (χ0v) is 11.2. The highest BCUT2D eigenvalue weighted by molar-refractivity contribution is 6.37. The Labute approximate surface area is 114 Å². The van der Waals surface area contributed by atoms with Crippen LogP contribution in [0.25, 0.3) is 0 Å². The minimum atomic E-state index is -1.03. The number of methoxy groups -OCH3 is 1. The molecule has 1 aromatic rings. The largest absolute Gasteiger partial charge is 0.494 e. The molecule has 1 rings (SSSR count). The number of ether oxygens (including phenoxy) is 2. The maximum absolute atomic E-state index is 11.7. The van der Waals surface area contributed by atoms with Gasteiger partial charge in [0.1, 0.15) is 0 Å². The third-order valence-corrected chi connectivity index (χ3v) is 2.68. The summed E-state index contributed by atoms with van der Waals surface area (Å²) >= 11 is 11.7. The summed E-state index contributed by atoms with van der Waals surface area (Å²) in [5, 5.41) is 0.340. The highest BCUT2D eigenvalue weighted by Gasteiger charge is 2.19. The van der Waals surface area contributed by atoms with E-state index in [1.165, 1.54) is 26.2 Å². The molecular formula is C11H11Cl2NO4. The fraction of sp³-hybridized carbons (Fsp3) is 0.273. The maximum Gasteiger partial charge on any atom is 0.339 e. The first kappa shape index (κ1) is 14.6. The van der Waals surface area contributed by atoms with Crippen molar-refractivity contribution in [1.82, 2.24) is 0 Å². The molecule has 0 heterocycles. The molecule has 0 aliphatic carbocycles. The third-order valence-electron chi connectivity index (χ3n) is 2.12. The molecule has 1 atom stereocenters. The number of hydrogen-bond acceptors (Lipinski definition) is 4. The summed E-state index contributed by atoms with van der Waals surface area (Å²) in [6.07, 6.45) is -1.03. The first-order valence-electron chi connectivity index (χ1n) is 4.90.